The lowest BCUT2D eigenvalue weighted by atomic mass is 10.5. The Bertz CT molecular complexity index is 170. The highest BCUT2D eigenvalue weighted by molar-refractivity contribution is 7.97. The second kappa shape index (κ2) is 4.28. The molecular weight excluding hydrogens is 162 g/mol. The first-order valence-electron chi connectivity index (χ1n) is 3.56. The second-order valence-corrected chi connectivity index (χ2v) is 3.06. The SMILES string of the molecule is CCOC(=O)N1CC=CCS1. The molecule has 0 aliphatic carbocycles. The summed E-state index contributed by atoms with van der Waals surface area (Å²) in [6, 6.07) is 0. The fourth-order valence-electron chi connectivity index (χ4n) is 0.747. The van der Waals surface area contributed by atoms with Crippen LogP contribution in [0.1, 0.15) is 6.92 Å². The minimum Gasteiger partial charge on any atom is -0.449 e. The third-order valence-corrected chi connectivity index (χ3v) is 2.19. The molecule has 0 N–H and O–H groups in total. The molecule has 0 aromatic carbocycles. The summed E-state index contributed by atoms with van der Waals surface area (Å²) < 4.78 is 6.43. The molecule has 3 nitrogen and oxygen atoms in total. The zero-order valence-electron chi connectivity index (χ0n) is 6.45. The van der Waals surface area contributed by atoms with Gasteiger partial charge in [-0.3, -0.25) is 0 Å². The molecule has 0 aromatic rings. The molecule has 0 fully saturated rings. The zero-order chi connectivity index (χ0) is 8.10. The summed E-state index contributed by atoms with van der Waals surface area (Å²) in [4.78, 5) is 11.0. The fraction of sp³-hybridized carbons (Fsp3) is 0.571. The molecule has 4 heteroatoms. The van der Waals surface area contributed by atoms with E-state index in [4.69, 9.17) is 4.74 Å². The average molecular weight is 173 g/mol. The minimum atomic E-state index is -0.234. The van der Waals surface area contributed by atoms with Crippen molar-refractivity contribution in [2.45, 2.75) is 6.92 Å². The molecule has 62 valence electrons. The maximum absolute atomic E-state index is 11.0. The Hall–Kier alpha value is -0.640. The van der Waals surface area contributed by atoms with Gasteiger partial charge in [-0.15, -0.1) is 0 Å². The van der Waals surface area contributed by atoms with Crippen molar-refractivity contribution >= 4 is 18.0 Å². The topological polar surface area (TPSA) is 29.5 Å². The Balaban J connectivity index is 2.34. The Labute approximate surface area is 70.5 Å². The van der Waals surface area contributed by atoms with Gasteiger partial charge in [0.05, 0.1) is 13.2 Å². The Morgan fingerprint density at radius 3 is 3.09 bits per heavy atom. The average Bonchev–Trinajstić information content (AvgIpc) is 2.07. The predicted molar refractivity (Wildman–Crippen MR) is 45.3 cm³/mol. The number of rotatable bonds is 1. The summed E-state index contributed by atoms with van der Waals surface area (Å²) in [7, 11) is 0. The third-order valence-electron chi connectivity index (χ3n) is 1.24. The van der Waals surface area contributed by atoms with Crippen molar-refractivity contribution in [3.63, 3.8) is 0 Å². The van der Waals surface area contributed by atoms with Crippen LogP contribution >= 0.6 is 11.9 Å². The molecule has 1 heterocycles. The lowest BCUT2D eigenvalue weighted by Crippen LogP contribution is -2.27. The lowest BCUT2D eigenvalue weighted by Gasteiger charge is -2.20. The smallest absolute Gasteiger partial charge is 0.420 e. The van der Waals surface area contributed by atoms with E-state index in [1.54, 1.807) is 4.31 Å². The standard InChI is InChI=1S/C7H11NO2S/c1-2-10-7(9)8-5-3-4-6-11-8/h3-4H,2,5-6H2,1H3. The summed E-state index contributed by atoms with van der Waals surface area (Å²) in [5.41, 5.74) is 0. The quantitative estimate of drug-likeness (QED) is 0.446. The van der Waals surface area contributed by atoms with Crippen LogP contribution in [-0.2, 0) is 4.74 Å². The van der Waals surface area contributed by atoms with Crippen LogP contribution in [0, 0.1) is 0 Å². The van der Waals surface area contributed by atoms with Gasteiger partial charge in [-0.05, 0) is 18.9 Å². The normalized spacial score (nSPS) is 16.6. The molecular formula is C7H11NO2S. The van der Waals surface area contributed by atoms with Gasteiger partial charge in [-0.1, -0.05) is 12.2 Å². The first kappa shape index (κ1) is 8.46. The van der Waals surface area contributed by atoms with Crippen molar-refractivity contribution in [2.75, 3.05) is 18.9 Å². The Morgan fingerprint density at radius 1 is 1.73 bits per heavy atom. The summed E-state index contributed by atoms with van der Waals surface area (Å²) in [5, 5.41) is 0. The number of nitrogens with zero attached hydrogens (tertiary/aromatic N) is 1. The van der Waals surface area contributed by atoms with Crippen LogP contribution in [-0.4, -0.2) is 29.3 Å². The first-order valence-corrected chi connectivity index (χ1v) is 4.51. The van der Waals surface area contributed by atoms with E-state index in [2.05, 4.69) is 0 Å². The first-order chi connectivity index (χ1) is 5.34. The maximum atomic E-state index is 11.0. The number of carbonyl (C=O) groups is 1. The molecule has 0 atom stereocenters. The third kappa shape index (κ3) is 2.46. The summed E-state index contributed by atoms with van der Waals surface area (Å²) >= 11 is 1.48. The van der Waals surface area contributed by atoms with Gasteiger partial charge in [0.2, 0.25) is 0 Å². The highest BCUT2D eigenvalue weighted by Gasteiger charge is 2.14. The van der Waals surface area contributed by atoms with Crippen LogP contribution in [0.15, 0.2) is 12.2 Å². The molecule has 0 bridgehead atoms. The van der Waals surface area contributed by atoms with Crippen LogP contribution in [0.4, 0.5) is 4.79 Å². The molecule has 1 rings (SSSR count). The van der Waals surface area contributed by atoms with Crippen LogP contribution in [0.5, 0.6) is 0 Å². The molecule has 1 amide bonds. The number of hydrogen-bond donors (Lipinski definition) is 0. The van der Waals surface area contributed by atoms with Gasteiger partial charge in [-0.25, -0.2) is 9.10 Å². The molecule has 0 aromatic heterocycles. The van der Waals surface area contributed by atoms with Crippen LogP contribution in [0.25, 0.3) is 0 Å². The highest BCUT2D eigenvalue weighted by Crippen LogP contribution is 2.15. The summed E-state index contributed by atoms with van der Waals surface area (Å²) in [6.07, 6.45) is 3.77. The molecule has 0 saturated carbocycles. The van der Waals surface area contributed by atoms with E-state index in [1.807, 2.05) is 19.1 Å². The number of hydrogen-bond acceptors (Lipinski definition) is 3. The monoisotopic (exact) mass is 173 g/mol. The van der Waals surface area contributed by atoms with Crippen molar-refractivity contribution in [1.82, 2.24) is 4.31 Å². The van der Waals surface area contributed by atoms with E-state index in [1.165, 1.54) is 11.9 Å². The minimum absolute atomic E-state index is 0.234. The van der Waals surface area contributed by atoms with Gasteiger partial charge >= 0.3 is 6.09 Å². The van der Waals surface area contributed by atoms with Crippen molar-refractivity contribution in [3.8, 4) is 0 Å². The van der Waals surface area contributed by atoms with Gasteiger partial charge in [0, 0.05) is 5.75 Å². The van der Waals surface area contributed by atoms with Gasteiger partial charge < -0.3 is 4.74 Å². The van der Waals surface area contributed by atoms with E-state index >= 15 is 0 Å². The lowest BCUT2D eigenvalue weighted by molar-refractivity contribution is 0.136. The maximum Gasteiger partial charge on any atom is 0.420 e. The van der Waals surface area contributed by atoms with Gasteiger partial charge in [0.25, 0.3) is 0 Å². The molecule has 1 aliphatic heterocycles. The van der Waals surface area contributed by atoms with Gasteiger partial charge in [-0.2, -0.15) is 0 Å². The van der Waals surface area contributed by atoms with E-state index in [9.17, 15) is 4.79 Å². The molecule has 1 aliphatic rings. The van der Waals surface area contributed by atoms with Crippen LogP contribution in [0.2, 0.25) is 0 Å². The van der Waals surface area contributed by atoms with E-state index in [0.29, 0.717) is 13.2 Å². The van der Waals surface area contributed by atoms with Gasteiger partial charge in [0.1, 0.15) is 0 Å². The van der Waals surface area contributed by atoms with Crippen LogP contribution < -0.4 is 0 Å². The van der Waals surface area contributed by atoms with Gasteiger partial charge in [0.15, 0.2) is 0 Å². The number of ether oxygens (including phenoxy) is 1. The van der Waals surface area contributed by atoms with Crippen molar-refractivity contribution < 1.29 is 9.53 Å². The fourth-order valence-corrected chi connectivity index (χ4v) is 1.50. The zero-order valence-corrected chi connectivity index (χ0v) is 7.26. The summed E-state index contributed by atoms with van der Waals surface area (Å²) in [6.45, 7) is 2.91. The largest absolute Gasteiger partial charge is 0.449 e. The van der Waals surface area contributed by atoms with Crippen molar-refractivity contribution in [3.05, 3.63) is 12.2 Å². The predicted octanol–water partition coefficient (Wildman–Crippen LogP) is 1.66. The molecule has 0 saturated heterocycles. The van der Waals surface area contributed by atoms with E-state index in [0.717, 1.165) is 5.75 Å². The number of amides is 1. The number of carbonyl (C=O) groups excluding carboxylic acids is 1. The molecule has 11 heavy (non-hydrogen) atoms. The van der Waals surface area contributed by atoms with Crippen molar-refractivity contribution in [2.24, 2.45) is 0 Å². The van der Waals surface area contributed by atoms with E-state index < -0.39 is 0 Å². The highest BCUT2D eigenvalue weighted by atomic mass is 32.2. The summed E-state index contributed by atoms with van der Waals surface area (Å²) in [5.74, 6) is 0.860. The van der Waals surface area contributed by atoms with Crippen LogP contribution in [0.3, 0.4) is 0 Å². The second-order valence-electron chi connectivity index (χ2n) is 2.03. The molecule has 0 spiro atoms. The Kier molecular flexibility index (Phi) is 3.29. The molecule has 0 radical (unpaired) electrons. The van der Waals surface area contributed by atoms with Crippen molar-refractivity contribution in [1.29, 1.82) is 0 Å². The Morgan fingerprint density at radius 2 is 2.55 bits per heavy atom. The molecule has 0 unspecified atom stereocenters. The van der Waals surface area contributed by atoms with E-state index in [-0.39, 0.29) is 6.09 Å².